The number of Topliss-reactive ketones (excluding diaryl/α,β-unsaturated/α-hetero) is 1. The summed E-state index contributed by atoms with van der Waals surface area (Å²) < 4.78 is 0. The van der Waals surface area contributed by atoms with Crippen LogP contribution in [-0.4, -0.2) is 5.78 Å². The average molecular weight is 216 g/mol. The van der Waals surface area contributed by atoms with Gasteiger partial charge in [-0.2, -0.15) is 0 Å². The third-order valence-corrected chi connectivity index (χ3v) is 3.66. The molecule has 0 spiro atoms. The van der Waals surface area contributed by atoms with Crippen molar-refractivity contribution in [2.24, 2.45) is 5.92 Å². The number of benzene rings is 1. The van der Waals surface area contributed by atoms with Gasteiger partial charge in [0, 0.05) is 12.3 Å². The maximum Gasteiger partial charge on any atom is 0.136 e. The van der Waals surface area contributed by atoms with Gasteiger partial charge >= 0.3 is 0 Å². The zero-order valence-corrected chi connectivity index (χ0v) is 10.0. The van der Waals surface area contributed by atoms with E-state index in [9.17, 15) is 4.79 Å². The van der Waals surface area contributed by atoms with E-state index < -0.39 is 0 Å². The lowest BCUT2D eigenvalue weighted by Crippen LogP contribution is -2.15. The van der Waals surface area contributed by atoms with Gasteiger partial charge in [-0.15, -0.1) is 0 Å². The molecule has 0 bridgehead atoms. The molecular weight excluding hydrogens is 196 g/mol. The fraction of sp³-hybridized carbons (Fsp3) is 0.533. The quantitative estimate of drug-likeness (QED) is 0.689. The first-order chi connectivity index (χ1) is 7.77. The monoisotopic (exact) mass is 216 g/mol. The van der Waals surface area contributed by atoms with Crippen LogP contribution in [-0.2, 0) is 11.2 Å². The Morgan fingerprint density at radius 1 is 1.19 bits per heavy atom. The topological polar surface area (TPSA) is 17.1 Å². The number of aryl methyl sites for hydroxylation is 1. The Morgan fingerprint density at radius 3 is 2.81 bits per heavy atom. The van der Waals surface area contributed by atoms with Gasteiger partial charge in [0.25, 0.3) is 0 Å². The van der Waals surface area contributed by atoms with E-state index in [0.717, 1.165) is 25.7 Å². The fourth-order valence-electron chi connectivity index (χ4n) is 2.55. The number of hydrogen-bond donors (Lipinski definition) is 0. The van der Waals surface area contributed by atoms with Gasteiger partial charge in [0.15, 0.2) is 0 Å². The molecule has 0 saturated heterocycles. The van der Waals surface area contributed by atoms with Crippen LogP contribution in [0.3, 0.4) is 0 Å². The van der Waals surface area contributed by atoms with Crippen molar-refractivity contribution in [2.75, 3.05) is 0 Å². The smallest absolute Gasteiger partial charge is 0.136 e. The van der Waals surface area contributed by atoms with E-state index in [1.165, 1.54) is 24.0 Å². The molecule has 86 valence electrons. The van der Waals surface area contributed by atoms with Crippen LogP contribution in [0.4, 0.5) is 0 Å². The van der Waals surface area contributed by atoms with Crippen LogP contribution >= 0.6 is 0 Å². The third-order valence-electron chi connectivity index (χ3n) is 3.66. The Hall–Kier alpha value is -1.11. The minimum Gasteiger partial charge on any atom is -0.299 e. The first-order valence-electron chi connectivity index (χ1n) is 6.34. The molecule has 1 atom stereocenters. The van der Waals surface area contributed by atoms with Crippen LogP contribution in [0.25, 0.3) is 0 Å². The minimum atomic E-state index is 0.281. The van der Waals surface area contributed by atoms with Gasteiger partial charge in [0.2, 0.25) is 0 Å². The molecule has 0 aromatic heterocycles. The molecule has 0 aliphatic heterocycles. The molecule has 1 aliphatic carbocycles. The summed E-state index contributed by atoms with van der Waals surface area (Å²) in [5, 5.41) is 0. The number of rotatable bonds is 2. The molecule has 1 fully saturated rings. The lowest BCUT2D eigenvalue weighted by molar-refractivity contribution is -0.122. The predicted molar refractivity (Wildman–Crippen MR) is 66.5 cm³/mol. The van der Waals surface area contributed by atoms with Crippen LogP contribution < -0.4 is 0 Å². The Balaban J connectivity index is 2.08. The van der Waals surface area contributed by atoms with Gasteiger partial charge in [-0.3, -0.25) is 4.79 Å². The van der Waals surface area contributed by atoms with Gasteiger partial charge in [0.05, 0.1) is 0 Å². The third kappa shape index (κ3) is 2.72. The molecular formula is C15H20O. The summed E-state index contributed by atoms with van der Waals surface area (Å²) in [6, 6.07) is 8.43. The van der Waals surface area contributed by atoms with Crippen molar-refractivity contribution < 1.29 is 4.79 Å². The molecule has 1 heteroatoms. The molecule has 1 aromatic carbocycles. The highest BCUT2D eigenvalue weighted by Crippen LogP contribution is 2.24. The lowest BCUT2D eigenvalue weighted by atomic mass is 9.90. The number of hydrogen-bond acceptors (Lipinski definition) is 1. The van der Waals surface area contributed by atoms with Crippen molar-refractivity contribution >= 4 is 5.78 Å². The molecule has 1 unspecified atom stereocenters. The highest BCUT2D eigenvalue weighted by molar-refractivity contribution is 5.81. The molecule has 0 N–H and O–H groups in total. The Kier molecular flexibility index (Phi) is 3.76. The summed E-state index contributed by atoms with van der Waals surface area (Å²) in [6.07, 6.45) is 6.40. The fourth-order valence-corrected chi connectivity index (χ4v) is 2.55. The highest BCUT2D eigenvalue weighted by atomic mass is 16.1. The molecule has 2 rings (SSSR count). The molecule has 16 heavy (non-hydrogen) atoms. The standard InChI is InChI=1S/C15H20O/c1-12-7-5-6-8-13(12)11-14-9-3-2-4-10-15(14)16/h5-8,14H,2-4,9-11H2,1H3. The van der Waals surface area contributed by atoms with Gasteiger partial charge in [0.1, 0.15) is 5.78 Å². The summed E-state index contributed by atoms with van der Waals surface area (Å²) >= 11 is 0. The van der Waals surface area contributed by atoms with Crippen LogP contribution in [0.2, 0.25) is 0 Å². The van der Waals surface area contributed by atoms with E-state index in [4.69, 9.17) is 0 Å². The summed E-state index contributed by atoms with van der Waals surface area (Å²) in [6.45, 7) is 2.14. The van der Waals surface area contributed by atoms with E-state index in [0.29, 0.717) is 5.78 Å². The van der Waals surface area contributed by atoms with E-state index in [1.807, 2.05) is 0 Å². The van der Waals surface area contributed by atoms with Crippen LogP contribution in [0.5, 0.6) is 0 Å². The SMILES string of the molecule is Cc1ccccc1CC1CCCCCC1=O. The van der Waals surface area contributed by atoms with Crippen molar-refractivity contribution in [1.29, 1.82) is 0 Å². The van der Waals surface area contributed by atoms with Crippen molar-refractivity contribution in [3.63, 3.8) is 0 Å². The zero-order valence-electron chi connectivity index (χ0n) is 10.0. The highest BCUT2D eigenvalue weighted by Gasteiger charge is 2.21. The molecule has 1 aromatic rings. The van der Waals surface area contributed by atoms with E-state index >= 15 is 0 Å². The number of carbonyl (C=O) groups is 1. The van der Waals surface area contributed by atoms with Crippen molar-refractivity contribution in [3.05, 3.63) is 35.4 Å². The lowest BCUT2D eigenvalue weighted by Gasteiger charge is -2.14. The second kappa shape index (κ2) is 5.29. The summed E-state index contributed by atoms with van der Waals surface area (Å²) in [5.74, 6) is 0.768. The maximum atomic E-state index is 11.9. The van der Waals surface area contributed by atoms with Gasteiger partial charge in [-0.05, 0) is 37.3 Å². The first-order valence-corrected chi connectivity index (χ1v) is 6.34. The normalized spacial score (nSPS) is 21.8. The minimum absolute atomic E-state index is 0.281. The van der Waals surface area contributed by atoms with E-state index in [2.05, 4.69) is 31.2 Å². The molecule has 1 saturated carbocycles. The van der Waals surface area contributed by atoms with Crippen molar-refractivity contribution in [1.82, 2.24) is 0 Å². The first kappa shape index (κ1) is 11.4. The molecule has 0 radical (unpaired) electrons. The summed E-state index contributed by atoms with van der Waals surface area (Å²) in [7, 11) is 0. The van der Waals surface area contributed by atoms with Crippen molar-refractivity contribution in [2.45, 2.75) is 45.4 Å². The van der Waals surface area contributed by atoms with Crippen LogP contribution in [0.1, 0.15) is 43.2 Å². The van der Waals surface area contributed by atoms with Crippen LogP contribution in [0.15, 0.2) is 24.3 Å². The number of ketones is 1. The Morgan fingerprint density at radius 2 is 2.00 bits per heavy atom. The Bertz CT molecular complexity index is 367. The van der Waals surface area contributed by atoms with Gasteiger partial charge < -0.3 is 0 Å². The second-order valence-corrected chi connectivity index (χ2v) is 4.89. The molecule has 0 amide bonds. The largest absolute Gasteiger partial charge is 0.299 e. The van der Waals surface area contributed by atoms with E-state index in [1.54, 1.807) is 0 Å². The van der Waals surface area contributed by atoms with Gasteiger partial charge in [-0.25, -0.2) is 0 Å². The summed E-state index contributed by atoms with van der Waals surface area (Å²) in [4.78, 5) is 11.9. The Labute approximate surface area is 97.9 Å². The average Bonchev–Trinajstić information content (AvgIpc) is 2.48. The molecule has 1 aliphatic rings. The van der Waals surface area contributed by atoms with Gasteiger partial charge in [-0.1, -0.05) is 37.1 Å². The number of carbonyl (C=O) groups excluding carboxylic acids is 1. The zero-order chi connectivity index (χ0) is 11.4. The molecule has 0 heterocycles. The maximum absolute atomic E-state index is 11.9. The molecule has 1 nitrogen and oxygen atoms in total. The second-order valence-electron chi connectivity index (χ2n) is 4.89. The van der Waals surface area contributed by atoms with Crippen LogP contribution in [0, 0.1) is 12.8 Å². The van der Waals surface area contributed by atoms with E-state index in [-0.39, 0.29) is 5.92 Å². The summed E-state index contributed by atoms with van der Waals surface area (Å²) in [5.41, 5.74) is 2.67. The van der Waals surface area contributed by atoms with Crippen molar-refractivity contribution in [3.8, 4) is 0 Å². The predicted octanol–water partition coefficient (Wildman–Crippen LogP) is 3.69.